The van der Waals surface area contributed by atoms with Gasteiger partial charge < -0.3 is 5.32 Å². The van der Waals surface area contributed by atoms with Crippen molar-refractivity contribution in [1.29, 1.82) is 0 Å². The molecule has 0 saturated heterocycles. The van der Waals surface area contributed by atoms with Crippen LogP contribution in [-0.4, -0.2) is 20.5 Å². The van der Waals surface area contributed by atoms with Crippen molar-refractivity contribution in [3.8, 4) is 11.1 Å². The monoisotopic (exact) mass is 364 g/mol. The predicted octanol–water partition coefficient (Wildman–Crippen LogP) is 4.24. The molecule has 0 atom stereocenters. The van der Waals surface area contributed by atoms with E-state index in [0.717, 1.165) is 34.5 Å². The Morgan fingerprint density at radius 2 is 1.81 bits per heavy atom. The molecule has 4 aromatic rings. The Morgan fingerprint density at radius 1 is 1.04 bits per heavy atom. The van der Waals surface area contributed by atoms with Gasteiger partial charge in [0.15, 0.2) is 0 Å². The van der Waals surface area contributed by atoms with Gasteiger partial charge >= 0.3 is 0 Å². The number of benzene rings is 1. The zero-order valence-electron chi connectivity index (χ0n) is 14.3. The minimum Gasteiger partial charge on any atom is -0.306 e. The second-order valence-electron chi connectivity index (χ2n) is 5.97. The lowest BCUT2D eigenvalue weighted by Crippen LogP contribution is -2.16. The Morgan fingerprint density at radius 3 is 2.52 bits per heavy atom. The molecule has 7 heteroatoms. The second-order valence-corrected chi connectivity index (χ2v) is 5.97. The van der Waals surface area contributed by atoms with E-state index in [1.807, 2.05) is 31.3 Å². The van der Waals surface area contributed by atoms with E-state index >= 15 is 0 Å². The van der Waals surface area contributed by atoms with Gasteiger partial charge in [-0.15, -0.1) is 0 Å². The molecule has 0 spiro atoms. The molecule has 0 aliphatic rings. The van der Waals surface area contributed by atoms with Crippen LogP contribution in [0.1, 0.15) is 16.1 Å². The van der Waals surface area contributed by atoms with Crippen molar-refractivity contribution in [2.24, 2.45) is 0 Å². The maximum atomic E-state index is 13.7. The summed E-state index contributed by atoms with van der Waals surface area (Å²) in [5, 5.41) is 6.87. The first-order valence-electron chi connectivity index (χ1n) is 8.20. The molecule has 0 bridgehead atoms. The Kier molecular flexibility index (Phi) is 4.12. The smallest absolute Gasteiger partial charge is 0.262 e. The lowest BCUT2D eigenvalue weighted by Gasteiger charge is -2.07. The first kappa shape index (κ1) is 16.8. The molecule has 1 aromatic carbocycles. The van der Waals surface area contributed by atoms with Gasteiger partial charge in [-0.1, -0.05) is 12.1 Å². The first-order chi connectivity index (χ1) is 13.0. The van der Waals surface area contributed by atoms with Crippen LogP contribution in [0.25, 0.3) is 16.6 Å². The molecule has 0 aliphatic heterocycles. The van der Waals surface area contributed by atoms with Crippen molar-refractivity contribution in [1.82, 2.24) is 14.6 Å². The van der Waals surface area contributed by atoms with Gasteiger partial charge in [0.2, 0.25) is 0 Å². The summed E-state index contributed by atoms with van der Waals surface area (Å²) in [5.41, 5.74) is 2.89. The average Bonchev–Trinajstić information content (AvgIpc) is 2.98. The van der Waals surface area contributed by atoms with E-state index in [0.29, 0.717) is 0 Å². The molecule has 4 rings (SSSR count). The van der Waals surface area contributed by atoms with E-state index < -0.39 is 23.1 Å². The summed E-state index contributed by atoms with van der Waals surface area (Å²) >= 11 is 0. The number of carbonyl (C=O) groups excluding carboxylic acids is 1. The Labute approximate surface area is 153 Å². The van der Waals surface area contributed by atoms with Crippen molar-refractivity contribution >= 4 is 17.2 Å². The number of rotatable bonds is 3. The highest BCUT2D eigenvalue weighted by atomic mass is 19.1. The highest BCUT2D eigenvalue weighted by molar-refractivity contribution is 6.04. The number of nitrogens with one attached hydrogen (secondary N) is 1. The van der Waals surface area contributed by atoms with Gasteiger partial charge in [0.25, 0.3) is 5.91 Å². The van der Waals surface area contributed by atoms with Crippen molar-refractivity contribution in [2.45, 2.75) is 6.92 Å². The number of aromatic nitrogens is 3. The van der Waals surface area contributed by atoms with Crippen LogP contribution in [0.4, 0.5) is 14.6 Å². The van der Waals surface area contributed by atoms with Gasteiger partial charge in [-0.05, 0) is 43.3 Å². The number of halogens is 2. The normalized spacial score (nSPS) is 10.9. The Hall–Kier alpha value is -3.61. The van der Waals surface area contributed by atoms with E-state index in [-0.39, 0.29) is 5.82 Å². The second kappa shape index (κ2) is 6.60. The van der Waals surface area contributed by atoms with Crippen molar-refractivity contribution in [2.75, 3.05) is 5.32 Å². The molecule has 1 N–H and O–H groups in total. The fourth-order valence-electron chi connectivity index (χ4n) is 2.98. The summed E-state index contributed by atoms with van der Waals surface area (Å²) in [6.45, 7) is 1.90. The average molecular weight is 364 g/mol. The number of anilines is 1. The summed E-state index contributed by atoms with van der Waals surface area (Å²) in [7, 11) is 0. The zero-order valence-corrected chi connectivity index (χ0v) is 14.3. The molecule has 0 saturated carbocycles. The third-order valence-corrected chi connectivity index (χ3v) is 4.20. The van der Waals surface area contributed by atoms with Crippen molar-refractivity contribution in [3.63, 3.8) is 0 Å². The number of fused-ring (bicyclic) bond motifs is 1. The predicted molar refractivity (Wildman–Crippen MR) is 97.5 cm³/mol. The molecule has 0 unspecified atom stereocenters. The quantitative estimate of drug-likeness (QED) is 0.592. The van der Waals surface area contributed by atoms with Crippen molar-refractivity contribution in [3.05, 3.63) is 83.8 Å². The number of aryl methyl sites for hydroxylation is 1. The number of carbonyl (C=O) groups is 1. The van der Waals surface area contributed by atoms with E-state index in [4.69, 9.17) is 0 Å². The summed E-state index contributed by atoms with van der Waals surface area (Å²) in [4.78, 5) is 16.3. The Balaban J connectivity index is 1.63. The first-order valence-corrected chi connectivity index (χ1v) is 8.20. The highest BCUT2D eigenvalue weighted by Crippen LogP contribution is 2.28. The summed E-state index contributed by atoms with van der Waals surface area (Å²) < 4.78 is 29.2. The zero-order chi connectivity index (χ0) is 19.0. The molecule has 0 fully saturated rings. The lowest BCUT2D eigenvalue weighted by molar-refractivity contribution is 0.101. The number of hydrogen-bond acceptors (Lipinski definition) is 3. The molecule has 134 valence electrons. The van der Waals surface area contributed by atoms with Gasteiger partial charge in [-0.3, -0.25) is 4.79 Å². The van der Waals surface area contributed by atoms with Gasteiger partial charge in [-0.2, -0.15) is 5.10 Å². The van der Waals surface area contributed by atoms with Crippen molar-refractivity contribution < 1.29 is 13.6 Å². The van der Waals surface area contributed by atoms with Crippen LogP contribution >= 0.6 is 0 Å². The molecule has 5 nitrogen and oxygen atoms in total. The number of hydrogen-bond donors (Lipinski definition) is 1. The summed E-state index contributed by atoms with van der Waals surface area (Å²) in [6.07, 6.45) is 3.45. The van der Waals surface area contributed by atoms with E-state index in [1.165, 1.54) is 6.07 Å². The fraction of sp³-hybridized carbons (Fsp3) is 0.0500. The minimum atomic E-state index is -0.925. The van der Waals surface area contributed by atoms with Crippen LogP contribution in [0.2, 0.25) is 0 Å². The number of pyridine rings is 2. The maximum Gasteiger partial charge on any atom is 0.262 e. The molecular formula is C20H14F2N4O. The number of amides is 1. The van der Waals surface area contributed by atoms with Crippen LogP contribution in [-0.2, 0) is 0 Å². The summed E-state index contributed by atoms with van der Waals surface area (Å²) in [6, 6.07) is 12.4. The van der Waals surface area contributed by atoms with Gasteiger partial charge in [0.05, 0.1) is 11.2 Å². The highest BCUT2D eigenvalue weighted by Gasteiger charge is 2.18. The van der Waals surface area contributed by atoms with E-state index in [1.54, 1.807) is 22.8 Å². The molecule has 3 aromatic heterocycles. The van der Waals surface area contributed by atoms with Gasteiger partial charge in [-0.25, -0.2) is 18.3 Å². The topological polar surface area (TPSA) is 59.3 Å². The fourth-order valence-corrected chi connectivity index (χ4v) is 2.98. The third-order valence-electron chi connectivity index (χ3n) is 4.20. The van der Waals surface area contributed by atoms with Crippen LogP contribution < -0.4 is 5.32 Å². The van der Waals surface area contributed by atoms with Gasteiger partial charge in [0, 0.05) is 23.5 Å². The Bertz CT molecular complexity index is 1130. The minimum absolute atomic E-state index is 0.195. The number of nitrogens with zero attached hydrogens (tertiary/aromatic N) is 3. The van der Waals surface area contributed by atoms with Crippen LogP contribution in [0, 0.1) is 18.6 Å². The molecule has 27 heavy (non-hydrogen) atoms. The standard InChI is InChI=1S/C20H14F2N4O/c1-12-18(16-7-2-3-10-26(16)25-12)13-8-9-17(23-11-13)24-20(27)19-14(21)5-4-6-15(19)22/h2-11H,1H3,(H,23,24,27). The lowest BCUT2D eigenvalue weighted by atomic mass is 10.1. The largest absolute Gasteiger partial charge is 0.306 e. The van der Waals surface area contributed by atoms with Gasteiger partial charge in [0.1, 0.15) is 23.0 Å². The molecule has 0 radical (unpaired) electrons. The molecule has 3 heterocycles. The molecular weight excluding hydrogens is 350 g/mol. The molecule has 1 amide bonds. The maximum absolute atomic E-state index is 13.7. The van der Waals surface area contributed by atoms with E-state index in [2.05, 4.69) is 15.4 Å². The van der Waals surface area contributed by atoms with Crippen LogP contribution in [0.3, 0.4) is 0 Å². The van der Waals surface area contributed by atoms with E-state index in [9.17, 15) is 13.6 Å². The third kappa shape index (κ3) is 3.03. The summed E-state index contributed by atoms with van der Waals surface area (Å²) in [5.74, 6) is -2.55. The van der Waals surface area contributed by atoms with Crippen LogP contribution in [0.15, 0.2) is 60.9 Å². The van der Waals surface area contributed by atoms with Crippen LogP contribution in [0.5, 0.6) is 0 Å². The SMILES string of the molecule is Cc1nn2ccccc2c1-c1ccc(NC(=O)c2c(F)cccc2F)nc1. The molecule has 0 aliphatic carbocycles.